The van der Waals surface area contributed by atoms with Crippen molar-refractivity contribution in [3.05, 3.63) is 45.9 Å². The molecule has 0 radical (unpaired) electrons. The van der Waals surface area contributed by atoms with Crippen molar-refractivity contribution in [1.29, 1.82) is 0 Å². The lowest BCUT2D eigenvalue weighted by Gasteiger charge is -2.31. The van der Waals surface area contributed by atoms with E-state index in [0.717, 1.165) is 30.1 Å². The molecular formula is C22H27N5O4S. The lowest BCUT2D eigenvalue weighted by molar-refractivity contribution is -0.125. The van der Waals surface area contributed by atoms with Gasteiger partial charge in [-0.2, -0.15) is 4.52 Å². The average molecular weight is 458 g/mol. The molecule has 0 bridgehead atoms. The van der Waals surface area contributed by atoms with Gasteiger partial charge in [0.15, 0.2) is 11.5 Å². The molecule has 1 atom stereocenters. The standard InChI is InChI=1S/C22H27N5O4S/c1-14-11-19(28)27-21(24-14)32-22(25-27)26-10-4-5-16(13-26)20(29)23-9-8-15-6-7-17(30-2)18(12-15)31-3/h6-7,11-12,16H,4-5,8-10,13H2,1-3H3,(H,23,29)/t16-/m0/s1. The number of nitrogens with zero attached hydrogens (tertiary/aromatic N) is 4. The van der Waals surface area contributed by atoms with Gasteiger partial charge < -0.3 is 19.7 Å². The summed E-state index contributed by atoms with van der Waals surface area (Å²) in [5.74, 6) is 1.29. The van der Waals surface area contributed by atoms with Crippen molar-refractivity contribution in [3.8, 4) is 11.5 Å². The minimum atomic E-state index is -0.184. The first-order valence-corrected chi connectivity index (χ1v) is 11.4. The normalized spacial score (nSPS) is 16.2. The number of aromatic nitrogens is 3. The third-order valence-electron chi connectivity index (χ3n) is 5.59. The zero-order valence-electron chi connectivity index (χ0n) is 18.5. The fourth-order valence-corrected chi connectivity index (χ4v) is 4.90. The van der Waals surface area contributed by atoms with Crippen LogP contribution in [-0.4, -0.2) is 54.4 Å². The molecule has 32 heavy (non-hydrogen) atoms. The van der Waals surface area contributed by atoms with Crippen molar-refractivity contribution in [2.75, 3.05) is 38.8 Å². The monoisotopic (exact) mass is 457 g/mol. The van der Waals surface area contributed by atoms with Crippen LogP contribution in [0, 0.1) is 12.8 Å². The number of hydrogen-bond acceptors (Lipinski definition) is 8. The first-order chi connectivity index (χ1) is 15.5. The molecule has 1 saturated heterocycles. The molecule has 0 unspecified atom stereocenters. The van der Waals surface area contributed by atoms with Crippen molar-refractivity contribution in [2.45, 2.75) is 26.2 Å². The number of piperidine rings is 1. The van der Waals surface area contributed by atoms with Gasteiger partial charge in [0.25, 0.3) is 5.56 Å². The highest BCUT2D eigenvalue weighted by atomic mass is 32.1. The number of anilines is 1. The van der Waals surface area contributed by atoms with E-state index in [1.165, 1.54) is 21.9 Å². The molecule has 4 rings (SSSR count). The SMILES string of the molecule is COc1ccc(CCNC(=O)[C@H]2CCCN(c3nn4c(=O)cc(C)nc4s3)C2)cc1OC. The summed E-state index contributed by atoms with van der Waals surface area (Å²) in [6.45, 7) is 3.73. The molecule has 1 aromatic carbocycles. The van der Waals surface area contributed by atoms with Gasteiger partial charge in [0, 0.05) is 31.4 Å². The van der Waals surface area contributed by atoms with Gasteiger partial charge in [0.1, 0.15) is 0 Å². The number of fused-ring (bicyclic) bond motifs is 1. The molecule has 1 fully saturated rings. The first-order valence-electron chi connectivity index (χ1n) is 10.6. The number of benzene rings is 1. The fourth-order valence-electron chi connectivity index (χ4n) is 3.91. The highest BCUT2D eigenvalue weighted by Crippen LogP contribution is 2.28. The summed E-state index contributed by atoms with van der Waals surface area (Å²) in [5, 5.41) is 8.22. The van der Waals surface area contributed by atoms with Crippen LogP contribution in [0.2, 0.25) is 0 Å². The van der Waals surface area contributed by atoms with Crippen LogP contribution in [-0.2, 0) is 11.2 Å². The molecular weight excluding hydrogens is 430 g/mol. The Morgan fingerprint density at radius 1 is 1.25 bits per heavy atom. The summed E-state index contributed by atoms with van der Waals surface area (Å²) in [5.41, 5.74) is 1.56. The third kappa shape index (κ3) is 4.69. The molecule has 10 heteroatoms. The van der Waals surface area contributed by atoms with E-state index in [1.54, 1.807) is 21.1 Å². The van der Waals surface area contributed by atoms with Crippen LogP contribution in [0.4, 0.5) is 5.13 Å². The molecule has 0 spiro atoms. The number of ether oxygens (including phenoxy) is 2. The molecule has 1 aliphatic rings. The van der Waals surface area contributed by atoms with Crippen LogP contribution in [0.25, 0.3) is 4.96 Å². The van der Waals surface area contributed by atoms with Gasteiger partial charge in [-0.25, -0.2) is 4.98 Å². The predicted molar refractivity (Wildman–Crippen MR) is 123 cm³/mol. The molecule has 1 aliphatic heterocycles. The average Bonchev–Trinajstić information content (AvgIpc) is 3.23. The topological polar surface area (TPSA) is 98.1 Å². The summed E-state index contributed by atoms with van der Waals surface area (Å²) >= 11 is 1.38. The van der Waals surface area contributed by atoms with E-state index in [1.807, 2.05) is 18.2 Å². The van der Waals surface area contributed by atoms with Crippen molar-refractivity contribution < 1.29 is 14.3 Å². The maximum absolute atomic E-state index is 12.8. The van der Waals surface area contributed by atoms with E-state index in [2.05, 4.69) is 20.3 Å². The number of carbonyl (C=O) groups excluding carboxylic acids is 1. The number of nitrogens with one attached hydrogen (secondary N) is 1. The molecule has 3 heterocycles. The Kier molecular flexibility index (Phi) is 6.59. The summed E-state index contributed by atoms with van der Waals surface area (Å²) in [6, 6.07) is 7.24. The number of aryl methyl sites for hydroxylation is 1. The van der Waals surface area contributed by atoms with E-state index in [4.69, 9.17) is 9.47 Å². The minimum absolute atomic E-state index is 0.0439. The fraction of sp³-hybridized carbons (Fsp3) is 0.455. The Morgan fingerprint density at radius 2 is 2.06 bits per heavy atom. The van der Waals surface area contributed by atoms with E-state index in [-0.39, 0.29) is 17.4 Å². The number of rotatable bonds is 7. The van der Waals surface area contributed by atoms with Crippen molar-refractivity contribution in [1.82, 2.24) is 19.9 Å². The predicted octanol–water partition coefficient (Wildman–Crippen LogP) is 2.05. The van der Waals surface area contributed by atoms with Gasteiger partial charge in [0.2, 0.25) is 16.0 Å². The largest absolute Gasteiger partial charge is 0.493 e. The zero-order chi connectivity index (χ0) is 22.7. The zero-order valence-corrected chi connectivity index (χ0v) is 19.3. The first kappa shape index (κ1) is 22.1. The summed E-state index contributed by atoms with van der Waals surface area (Å²) in [4.78, 5) is 32.0. The molecule has 1 N–H and O–H groups in total. The summed E-state index contributed by atoms with van der Waals surface area (Å²) < 4.78 is 11.9. The third-order valence-corrected chi connectivity index (χ3v) is 6.56. The maximum Gasteiger partial charge on any atom is 0.275 e. The molecule has 2 aromatic heterocycles. The Morgan fingerprint density at radius 3 is 2.84 bits per heavy atom. The van der Waals surface area contributed by atoms with Crippen LogP contribution in [0.3, 0.4) is 0 Å². The minimum Gasteiger partial charge on any atom is -0.493 e. The Bertz CT molecular complexity index is 1170. The maximum atomic E-state index is 12.8. The van der Waals surface area contributed by atoms with E-state index in [0.29, 0.717) is 41.7 Å². The Hall–Kier alpha value is -3.14. The second-order valence-electron chi connectivity index (χ2n) is 7.83. The van der Waals surface area contributed by atoms with Crippen molar-refractivity contribution in [2.24, 2.45) is 5.92 Å². The van der Waals surface area contributed by atoms with E-state index < -0.39 is 0 Å². The molecule has 9 nitrogen and oxygen atoms in total. The van der Waals surface area contributed by atoms with Gasteiger partial charge in [-0.1, -0.05) is 17.4 Å². The lowest BCUT2D eigenvalue weighted by atomic mass is 9.97. The van der Waals surface area contributed by atoms with Crippen LogP contribution in [0.1, 0.15) is 24.1 Å². The van der Waals surface area contributed by atoms with Crippen molar-refractivity contribution >= 4 is 27.3 Å². The highest BCUT2D eigenvalue weighted by Gasteiger charge is 2.27. The molecule has 0 saturated carbocycles. The van der Waals surface area contributed by atoms with E-state index in [9.17, 15) is 9.59 Å². The Balaban J connectivity index is 1.36. The van der Waals surface area contributed by atoms with Crippen LogP contribution >= 0.6 is 11.3 Å². The summed E-state index contributed by atoms with van der Waals surface area (Å²) in [6.07, 6.45) is 2.43. The highest BCUT2D eigenvalue weighted by molar-refractivity contribution is 7.20. The second-order valence-corrected chi connectivity index (χ2v) is 8.76. The van der Waals surface area contributed by atoms with Gasteiger partial charge in [0.05, 0.1) is 20.1 Å². The molecule has 3 aromatic rings. The lowest BCUT2D eigenvalue weighted by Crippen LogP contribution is -2.43. The second kappa shape index (κ2) is 9.56. The van der Waals surface area contributed by atoms with Crippen LogP contribution in [0.15, 0.2) is 29.1 Å². The number of amides is 1. The van der Waals surface area contributed by atoms with Gasteiger partial charge in [-0.3, -0.25) is 9.59 Å². The molecule has 0 aliphatic carbocycles. The van der Waals surface area contributed by atoms with Gasteiger partial charge in [-0.05, 0) is 43.9 Å². The summed E-state index contributed by atoms with van der Waals surface area (Å²) in [7, 11) is 3.21. The smallest absolute Gasteiger partial charge is 0.275 e. The number of hydrogen-bond donors (Lipinski definition) is 1. The van der Waals surface area contributed by atoms with E-state index >= 15 is 0 Å². The Labute approximate surface area is 190 Å². The van der Waals surface area contributed by atoms with Crippen LogP contribution in [0.5, 0.6) is 11.5 Å². The number of carbonyl (C=O) groups is 1. The van der Waals surface area contributed by atoms with Crippen molar-refractivity contribution in [3.63, 3.8) is 0 Å². The van der Waals surface area contributed by atoms with Gasteiger partial charge in [-0.15, -0.1) is 5.10 Å². The molecule has 170 valence electrons. The molecule has 1 amide bonds. The van der Waals surface area contributed by atoms with Crippen LogP contribution < -0.4 is 25.2 Å². The quantitative estimate of drug-likeness (QED) is 0.580. The van der Waals surface area contributed by atoms with Gasteiger partial charge >= 0.3 is 0 Å². The number of methoxy groups -OCH3 is 2.